The Labute approximate surface area is 163 Å². The zero-order valence-electron chi connectivity index (χ0n) is 16.0. The fourth-order valence-electron chi connectivity index (χ4n) is 3.86. The van der Waals surface area contributed by atoms with E-state index in [1.165, 1.54) is 30.6 Å². The minimum Gasteiger partial charge on any atom is -0.370 e. The van der Waals surface area contributed by atoms with Crippen molar-refractivity contribution in [2.45, 2.75) is 40.0 Å². The average molecular weight is 381 g/mol. The summed E-state index contributed by atoms with van der Waals surface area (Å²) >= 11 is 1.44. The van der Waals surface area contributed by atoms with Gasteiger partial charge in [-0.05, 0) is 57.7 Å². The summed E-state index contributed by atoms with van der Waals surface area (Å²) in [6.07, 6.45) is 3.69. The molecular weight excluding hydrogens is 356 g/mol. The van der Waals surface area contributed by atoms with Crippen LogP contribution in [0.4, 0.5) is 11.4 Å². The van der Waals surface area contributed by atoms with Gasteiger partial charge in [0.15, 0.2) is 0 Å². The van der Waals surface area contributed by atoms with Crippen LogP contribution in [-0.4, -0.2) is 29.0 Å². The number of piperidine rings is 1. The summed E-state index contributed by atoms with van der Waals surface area (Å²) in [6.45, 7) is 7.93. The minimum atomic E-state index is -0.0722. The molecule has 1 amide bonds. The number of benzene rings is 1. The standard InChI is InChI=1S/C21H24N4OS/c1-13-18-14(2)22-15(3)23-21(18)27-19(13)20(26)24-16-9-5-6-10-17(16)25-11-7-4-8-12-25/h5-6,9-10H,4,7-8,11-12H2,1-3H3,(H,24,26). The molecule has 1 N–H and O–H groups in total. The van der Waals surface area contributed by atoms with Crippen molar-refractivity contribution in [1.82, 2.24) is 9.97 Å². The van der Waals surface area contributed by atoms with Crippen molar-refractivity contribution in [3.63, 3.8) is 0 Å². The Balaban J connectivity index is 1.66. The fourth-order valence-corrected chi connectivity index (χ4v) is 5.03. The summed E-state index contributed by atoms with van der Waals surface area (Å²) in [4.78, 5) is 26.0. The van der Waals surface area contributed by atoms with Crippen molar-refractivity contribution < 1.29 is 4.79 Å². The van der Waals surface area contributed by atoms with Gasteiger partial charge in [-0.25, -0.2) is 9.97 Å². The van der Waals surface area contributed by atoms with E-state index in [1.54, 1.807) is 0 Å². The highest BCUT2D eigenvalue weighted by Gasteiger charge is 2.21. The molecule has 0 radical (unpaired) electrons. The van der Waals surface area contributed by atoms with Crippen LogP contribution in [0.5, 0.6) is 0 Å². The summed E-state index contributed by atoms with van der Waals surface area (Å²) in [6, 6.07) is 8.09. The number of para-hydroxylation sites is 2. The van der Waals surface area contributed by atoms with Gasteiger partial charge in [-0.2, -0.15) is 0 Å². The van der Waals surface area contributed by atoms with Gasteiger partial charge in [-0.3, -0.25) is 4.79 Å². The normalized spacial score (nSPS) is 14.6. The number of anilines is 2. The number of nitrogens with zero attached hydrogens (tertiary/aromatic N) is 3. The second-order valence-corrected chi connectivity index (χ2v) is 8.11. The van der Waals surface area contributed by atoms with E-state index in [0.717, 1.165) is 51.8 Å². The van der Waals surface area contributed by atoms with Gasteiger partial charge >= 0.3 is 0 Å². The number of aryl methyl sites for hydroxylation is 3. The first kappa shape index (κ1) is 17.9. The van der Waals surface area contributed by atoms with Crippen LogP contribution in [0.1, 0.15) is 46.0 Å². The molecule has 4 rings (SSSR count). The molecule has 2 aromatic heterocycles. The first-order valence-electron chi connectivity index (χ1n) is 9.44. The van der Waals surface area contributed by atoms with Gasteiger partial charge in [-0.1, -0.05) is 12.1 Å². The molecule has 1 aliphatic rings. The van der Waals surface area contributed by atoms with Crippen molar-refractivity contribution in [2.75, 3.05) is 23.3 Å². The Morgan fingerprint density at radius 2 is 1.81 bits per heavy atom. The maximum absolute atomic E-state index is 13.1. The molecular formula is C21H24N4OS. The largest absolute Gasteiger partial charge is 0.370 e. The summed E-state index contributed by atoms with van der Waals surface area (Å²) in [5, 5.41) is 4.14. The van der Waals surface area contributed by atoms with Crippen molar-refractivity contribution in [2.24, 2.45) is 0 Å². The van der Waals surface area contributed by atoms with Gasteiger partial charge in [0.1, 0.15) is 10.7 Å². The Kier molecular flexibility index (Phi) is 4.83. The molecule has 1 aromatic carbocycles. The highest BCUT2D eigenvalue weighted by atomic mass is 32.1. The smallest absolute Gasteiger partial charge is 0.266 e. The van der Waals surface area contributed by atoms with E-state index in [4.69, 9.17) is 0 Å². The van der Waals surface area contributed by atoms with E-state index in [9.17, 15) is 4.79 Å². The van der Waals surface area contributed by atoms with Crippen LogP contribution in [0, 0.1) is 20.8 Å². The molecule has 0 aliphatic carbocycles. The van der Waals surface area contributed by atoms with E-state index >= 15 is 0 Å². The number of fused-ring (bicyclic) bond motifs is 1. The first-order valence-corrected chi connectivity index (χ1v) is 10.3. The van der Waals surface area contributed by atoms with E-state index < -0.39 is 0 Å². The maximum atomic E-state index is 13.1. The number of carbonyl (C=O) groups is 1. The molecule has 0 saturated carbocycles. The van der Waals surface area contributed by atoms with Gasteiger partial charge in [0.25, 0.3) is 5.91 Å². The Morgan fingerprint density at radius 1 is 1.07 bits per heavy atom. The number of hydrogen-bond donors (Lipinski definition) is 1. The van der Waals surface area contributed by atoms with Gasteiger partial charge < -0.3 is 10.2 Å². The van der Waals surface area contributed by atoms with Crippen LogP contribution in [0.3, 0.4) is 0 Å². The minimum absolute atomic E-state index is 0.0722. The molecule has 1 saturated heterocycles. The quantitative estimate of drug-likeness (QED) is 0.705. The molecule has 1 aliphatic heterocycles. The van der Waals surface area contributed by atoms with Gasteiger partial charge in [-0.15, -0.1) is 11.3 Å². The average Bonchev–Trinajstić information content (AvgIpc) is 2.99. The van der Waals surface area contributed by atoms with Gasteiger partial charge in [0.05, 0.1) is 16.3 Å². The first-order chi connectivity index (χ1) is 13.0. The van der Waals surface area contributed by atoms with E-state index in [1.807, 2.05) is 39.0 Å². The predicted octanol–water partition coefficient (Wildman–Crippen LogP) is 4.86. The monoisotopic (exact) mass is 380 g/mol. The second kappa shape index (κ2) is 7.27. The summed E-state index contributed by atoms with van der Waals surface area (Å²) in [5.41, 5.74) is 3.87. The molecule has 1 fully saturated rings. The van der Waals surface area contributed by atoms with Crippen molar-refractivity contribution >= 4 is 38.8 Å². The molecule has 0 unspecified atom stereocenters. The third-order valence-electron chi connectivity index (χ3n) is 5.14. The van der Waals surface area contributed by atoms with Crippen LogP contribution in [0.15, 0.2) is 24.3 Å². The summed E-state index contributed by atoms with van der Waals surface area (Å²) in [7, 11) is 0. The number of amides is 1. The third-order valence-corrected chi connectivity index (χ3v) is 6.32. The maximum Gasteiger partial charge on any atom is 0.266 e. The lowest BCUT2D eigenvalue weighted by Crippen LogP contribution is -2.30. The molecule has 0 bridgehead atoms. The summed E-state index contributed by atoms with van der Waals surface area (Å²) in [5.74, 6) is 0.667. The van der Waals surface area contributed by atoms with E-state index in [0.29, 0.717) is 4.88 Å². The Hall–Kier alpha value is -2.47. The SMILES string of the molecule is Cc1nc(C)c2c(C)c(C(=O)Nc3ccccc3N3CCCCC3)sc2n1. The number of aromatic nitrogens is 2. The lowest BCUT2D eigenvalue weighted by Gasteiger charge is -2.30. The van der Waals surface area contributed by atoms with Crippen LogP contribution in [0.25, 0.3) is 10.2 Å². The highest BCUT2D eigenvalue weighted by molar-refractivity contribution is 7.20. The van der Waals surface area contributed by atoms with Crippen LogP contribution < -0.4 is 10.2 Å². The van der Waals surface area contributed by atoms with E-state index in [-0.39, 0.29) is 5.91 Å². The highest BCUT2D eigenvalue weighted by Crippen LogP contribution is 2.33. The van der Waals surface area contributed by atoms with Gasteiger partial charge in [0.2, 0.25) is 0 Å². The molecule has 140 valence electrons. The van der Waals surface area contributed by atoms with Crippen molar-refractivity contribution in [3.8, 4) is 0 Å². The molecule has 3 aromatic rings. The van der Waals surface area contributed by atoms with Crippen LogP contribution >= 0.6 is 11.3 Å². The second-order valence-electron chi connectivity index (χ2n) is 7.11. The van der Waals surface area contributed by atoms with E-state index in [2.05, 4.69) is 26.3 Å². The molecule has 0 atom stereocenters. The molecule has 6 heteroatoms. The number of hydrogen-bond acceptors (Lipinski definition) is 5. The fraction of sp³-hybridized carbons (Fsp3) is 0.381. The lowest BCUT2D eigenvalue weighted by molar-refractivity contribution is 0.103. The molecule has 3 heterocycles. The van der Waals surface area contributed by atoms with Crippen molar-refractivity contribution in [1.29, 1.82) is 0 Å². The number of rotatable bonds is 3. The molecule has 0 spiro atoms. The number of nitrogens with one attached hydrogen (secondary N) is 1. The summed E-state index contributed by atoms with van der Waals surface area (Å²) < 4.78 is 0. The third kappa shape index (κ3) is 3.41. The lowest BCUT2D eigenvalue weighted by atomic mass is 10.1. The van der Waals surface area contributed by atoms with Crippen LogP contribution in [-0.2, 0) is 0 Å². The number of thiophene rings is 1. The zero-order chi connectivity index (χ0) is 19.0. The Morgan fingerprint density at radius 3 is 2.59 bits per heavy atom. The Bertz CT molecular complexity index is 1000. The zero-order valence-corrected chi connectivity index (χ0v) is 16.8. The van der Waals surface area contributed by atoms with Crippen molar-refractivity contribution in [3.05, 3.63) is 46.2 Å². The predicted molar refractivity (Wildman–Crippen MR) is 112 cm³/mol. The van der Waals surface area contributed by atoms with Gasteiger partial charge in [0, 0.05) is 24.2 Å². The van der Waals surface area contributed by atoms with Crippen LogP contribution in [0.2, 0.25) is 0 Å². The topological polar surface area (TPSA) is 58.1 Å². The molecule has 27 heavy (non-hydrogen) atoms. The molecule has 5 nitrogen and oxygen atoms in total. The number of carbonyl (C=O) groups excluding carboxylic acids is 1.